The molecule has 2 heterocycles. The minimum Gasteiger partial charge on any atom is -0.388 e. The van der Waals surface area contributed by atoms with Gasteiger partial charge in [-0.2, -0.15) is 13.2 Å². The molecule has 1 amide bonds. The monoisotopic (exact) mass is 445 g/mol. The summed E-state index contributed by atoms with van der Waals surface area (Å²) < 4.78 is 40.8. The van der Waals surface area contributed by atoms with Crippen LogP contribution >= 0.6 is 0 Å². The Morgan fingerprint density at radius 1 is 1.09 bits per heavy atom. The maximum Gasteiger partial charge on any atom is 0.434 e. The zero-order valence-electron chi connectivity index (χ0n) is 18.0. The van der Waals surface area contributed by atoms with E-state index in [4.69, 9.17) is 0 Å². The molecule has 3 aromatic rings. The van der Waals surface area contributed by atoms with Crippen molar-refractivity contribution in [2.24, 2.45) is 0 Å². The molecule has 1 aromatic carbocycles. The summed E-state index contributed by atoms with van der Waals surface area (Å²) >= 11 is 0. The molecule has 9 heteroatoms. The first kappa shape index (κ1) is 22.0. The number of nitrogens with zero attached hydrogens (tertiary/aromatic N) is 3. The van der Waals surface area contributed by atoms with Crippen molar-refractivity contribution in [3.05, 3.63) is 59.9 Å². The molecule has 1 aliphatic rings. The number of nitrogens with one attached hydrogen (secondary N) is 2. The van der Waals surface area contributed by atoms with Crippen LogP contribution in [0.4, 0.5) is 24.7 Å². The highest BCUT2D eigenvalue weighted by molar-refractivity contribution is 5.94. The zero-order chi connectivity index (χ0) is 22.9. The number of anilines is 2. The Morgan fingerprint density at radius 3 is 2.41 bits per heavy atom. The van der Waals surface area contributed by atoms with Crippen molar-refractivity contribution in [1.29, 1.82) is 0 Å². The SMILES string of the molecule is CNc1ccc(C(=O)NC2CCC(N(C)c3cccc4nc(C(F)(F)F)cn34)CC2)cc1. The Morgan fingerprint density at radius 2 is 1.78 bits per heavy atom. The third-order valence-corrected chi connectivity index (χ3v) is 6.14. The van der Waals surface area contributed by atoms with Gasteiger partial charge in [-0.25, -0.2) is 4.98 Å². The Labute approximate surface area is 184 Å². The molecule has 0 unspecified atom stereocenters. The molecule has 4 rings (SSSR count). The van der Waals surface area contributed by atoms with Crippen LogP contribution in [0.15, 0.2) is 48.7 Å². The highest BCUT2D eigenvalue weighted by atomic mass is 19.4. The molecular formula is C23H26F3N5O. The van der Waals surface area contributed by atoms with E-state index in [0.29, 0.717) is 11.4 Å². The van der Waals surface area contributed by atoms with Crippen molar-refractivity contribution in [3.8, 4) is 0 Å². The van der Waals surface area contributed by atoms with E-state index in [-0.39, 0.29) is 23.6 Å². The smallest absolute Gasteiger partial charge is 0.388 e. The number of alkyl halides is 3. The molecule has 1 fully saturated rings. The summed E-state index contributed by atoms with van der Waals surface area (Å²) in [6, 6.07) is 12.7. The molecule has 0 radical (unpaired) electrons. The molecule has 0 spiro atoms. The fourth-order valence-corrected chi connectivity index (χ4v) is 4.27. The summed E-state index contributed by atoms with van der Waals surface area (Å²) in [5.74, 6) is 0.579. The molecule has 6 nitrogen and oxygen atoms in total. The zero-order valence-corrected chi connectivity index (χ0v) is 18.0. The summed E-state index contributed by atoms with van der Waals surface area (Å²) in [4.78, 5) is 18.3. The van der Waals surface area contributed by atoms with E-state index in [1.807, 2.05) is 31.1 Å². The second-order valence-electron chi connectivity index (χ2n) is 8.15. The standard InChI is InChI=1S/C23H26F3N5O/c1-27-16-8-6-15(7-9-16)22(32)28-17-10-12-18(13-11-17)30(2)21-5-3-4-20-29-19(14-31(20)21)23(24,25)26/h3-9,14,17-18,27H,10-13H2,1-2H3,(H,28,32). The fraction of sp³-hybridized carbons (Fsp3) is 0.391. The van der Waals surface area contributed by atoms with E-state index < -0.39 is 11.9 Å². The number of benzene rings is 1. The first-order chi connectivity index (χ1) is 15.3. The van der Waals surface area contributed by atoms with Crippen molar-refractivity contribution in [2.45, 2.75) is 43.9 Å². The highest BCUT2D eigenvalue weighted by Gasteiger charge is 2.34. The van der Waals surface area contributed by atoms with Gasteiger partial charge in [0.15, 0.2) is 5.69 Å². The van der Waals surface area contributed by atoms with E-state index in [9.17, 15) is 18.0 Å². The molecule has 0 bridgehead atoms. The van der Waals surface area contributed by atoms with E-state index in [1.165, 1.54) is 4.40 Å². The highest BCUT2D eigenvalue weighted by Crippen LogP contribution is 2.31. The summed E-state index contributed by atoms with van der Waals surface area (Å²) in [5.41, 5.74) is 0.940. The number of pyridine rings is 1. The first-order valence-corrected chi connectivity index (χ1v) is 10.6. The lowest BCUT2D eigenvalue weighted by Gasteiger charge is -2.36. The van der Waals surface area contributed by atoms with Crippen molar-refractivity contribution in [2.75, 3.05) is 24.3 Å². The van der Waals surface area contributed by atoms with Gasteiger partial charge in [-0.05, 0) is 62.1 Å². The molecule has 2 aromatic heterocycles. The second-order valence-corrected chi connectivity index (χ2v) is 8.15. The molecular weight excluding hydrogens is 419 g/mol. The van der Waals surface area contributed by atoms with Crippen LogP contribution in [-0.2, 0) is 6.18 Å². The summed E-state index contributed by atoms with van der Waals surface area (Å²) in [7, 11) is 3.72. The van der Waals surface area contributed by atoms with Crippen molar-refractivity contribution in [3.63, 3.8) is 0 Å². The third-order valence-electron chi connectivity index (χ3n) is 6.14. The van der Waals surface area contributed by atoms with Gasteiger partial charge >= 0.3 is 6.18 Å². The number of imidazole rings is 1. The number of fused-ring (bicyclic) bond motifs is 1. The average molecular weight is 445 g/mol. The largest absolute Gasteiger partial charge is 0.434 e. The van der Waals surface area contributed by atoms with Gasteiger partial charge in [0, 0.05) is 43.6 Å². The lowest BCUT2D eigenvalue weighted by molar-refractivity contribution is -0.140. The predicted octanol–water partition coefficient (Wildman–Crippen LogP) is 4.57. The van der Waals surface area contributed by atoms with Crippen LogP contribution in [0.5, 0.6) is 0 Å². The molecule has 0 aliphatic heterocycles. The molecule has 1 saturated carbocycles. The predicted molar refractivity (Wildman–Crippen MR) is 118 cm³/mol. The van der Waals surface area contributed by atoms with E-state index in [1.54, 1.807) is 30.3 Å². The second kappa shape index (κ2) is 8.72. The molecule has 1 aliphatic carbocycles. The van der Waals surface area contributed by atoms with Gasteiger partial charge in [0.05, 0.1) is 0 Å². The number of halogens is 3. The topological polar surface area (TPSA) is 61.7 Å². The Bertz CT molecular complexity index is 1090. The van der Waals surface area contributed by atoms with Crippen molar-refractivity contribution >= 4 is 23.1 Å². The van der Waals surface area contributed by atoms with E-state index >= 15 is 0 Å². The Hall–Kier alpha value is -3.23. The Kier molecular flexibility index (Phi) is 5.99. The van der Waals surface area contributed by atoms with Crippen LogP contribution in [-0.4, -0.2) is 41.5 Å². The molecule has 170 valence electrons. The van der Waals surface area contributed by atoms with Gasteiger partial charge in [0.1, 0.15) is 11.5 Å². The number of rotatable bonds is 5. The number of carbonyl (C=O) groups excluding carboxylic acids is 1. The van der Waals surface area contributed by atoms with Gasteiger partial charge in [0.2, 0.25) is 0 Å². The lowest BCUT2D eigenvalue weighted by atomic mass is 9.90. The van der Waals surface area contributed by atoms with Gasteiger partial charge in [-0.1, -0.05) is 6.07 Å². The van der Waals surface area contributed by atoms with E-state index in [0.717, 1.165) is 37.6 Å². The number of carbonyl (C=O) groups is 1. The third kappa shape index (κ3) is 4.51. The number of aromatic nitrogens is 2. The van der Waals surface area contributed by atoms with Crippen LogP contribution in [0, 0.1) is 0 Å². The van der Waals surface area contributed by atoms with Gasteiger partial charge in [0.25, 0.3) is 5.91 Å². The minimum atomic E-state index is -4.48. The molecule has 2 N–H and O–H groups in total. The summed E-state index contributed by atoms with van der Waals surface area (Å²) in [5, 5.41) is 6.13. The summed E-state index contributed by atoms with van der Waals surface area (Å²) in [6.07, 6.45) is -0.154. The van der Waals surface area contributed by atoms with Gasteiger partial charge in [-0.3, -0.25) is 9.20 Å². The van der Waals surface area contributed by atoms with Gasteiger partial charge < -0.3 is 15.5 Å². The first-order valence-electron chi connectivity index (χ1n) is 10.6. The van der Waals surface area contributed by atoms with Crippen LogP contribution in [0.1, 0.15) is 41.7 Å². The van der Waals surface area contributed by atoms with Crippen molar-refractivity contribution in [1.82, 2.24) is 14.7 Å². The lowest BCUT2D eigenvalue weighted by Crippen LogP contribution is -2.43. The molecule has 0 saturated heterocycles. The van der Waals surface area contributed by atoms with Crippen LogP contribution in [0.3, 0.4) is 0 Å². The van der Waals surface area contributed by atoms with E-state index in [2.05, 4.69) is 15.6 Å². The van der Waals surface area contributed by atoms with Crippen LogP contribution in [0.2, 0.25) is 0 Å². The normalized spacial score (nSPS) is 19.0. The average Bonchev–Trinajstić information content (AvgIpc) is 3.24. The number of amides is 1. The Balaban J connectivity index is 1.40. The maximum atomic E-state index is 13.1. The van der Waals surface area contributed by atoms with Crippen molar-refractivity contribution < 1.29 is 18.0 Å². The van der Waals surface area contributed by atoms with Crippen LogP contribution < -0.4 is 15.5 Å². The maximum absolute atomic E-state index is 13.1. The van der Waals surface area contributed by atoms with Gasteiger partial charge in [-0.15, -0.1) is 0 Å². The van der Waals surface area contributed by atoms with Crippen LogP contribution in [0.25, 0.3) is 5.65 Å². The number of hydrogen-bond acceptors (Lipinski definition) is 4. The quantitative estimate of drug-likeness (QED) is 0.604. The fourth-order valence-electron chi connectivity index (χ4n) is 4.27. The minimum absolute atomic E-state index is 0.0806. The molecule has 0 atom stereocenters. The molecule has 32 heavy (non-hydrogen) atoms. The number of hydrogen-bond donors (Lipinski definition) is 2. The summed E-state index contributed by atoms with van der Waals surface area (Å²) in [6.45, 7) is 0.